The highest BCUT2D eigenvalue weighted by Gasteiger charge is 2.21. The minimum absolute atomic E-state index is 0.0706. The van der Waals surface area contributed by atoms with Crippen LogP contribution in [0.15, 0.2) is 77.8 Å². The number of amidine groups is 1. The highest BCUT2D eigenvalue weighted by molar-refractivity contribution is 6.05. The van der Waals surface area contributed by atoms with Crippen LogP contribution in [0.25, 0.3) is 0 Å². The number of hydrogen-bond acceptors (Lipinski definition) is 5. The molecule has 0 bridgehead atoms. The van der Waals surface area contributed by atoms with Gasteiger partial charge in [-0.25, -0.2) is 4.99 Å². The lowest BCUT2D eigenvalue weighted by atomic mass is 10.1. The van der Waals surface area contributed by atoms with Crippen LogP contribution in [0.1, 0.15) is 12.5 Å². The number of amides is 1. The third kappa shape index (κ3) is 4.27. The van der Waals surface area contributed by atoms with Gasteiger partial charge in [0.25, 0.3) is 5.91 Å². The van der Waals surface area contributed by atoms with Gasteiger partial charge in [-0.15, -0.1) is 0 Å². The van der Waals surface area contributed by atoms with Crippen molar-refractivity contribution < 1.29 is 14.3 Å². The number of nitrogens with zero attached hydrogens (tertiary/aromatic N) is 2. The Hall–Kier alpha value is -3.80. The summed E-state index contributed by atoms with van der Waals surface area (Å²) in [5.41, 5.74) is 2.24. The van der Waals surface area contributed by atoms with E-state index in [0.29, 0.717) is 22.9 Å². The Kier molecular flexibility index (Phi) is 5.66. The molecule has 1 aliphatic rings. The van der Waals surface area contributed by atoms with E-state index in [9.17, 15) is 4.79 Å². The lowest BCUT2D eigenvalue weighted by Crippen LogP contribution is -2.27. The number of hydrogen-bond donors (Lipinski definition) is 1. The minimum atomic E-state index is -0.237. The molecule has 3 aromatic rings. The third-order valence-electron chi connectivity index (χ3n) is 4.76. The van der Waals surface area contributed by atoms with E-state index in [1.807, 2.05) is 79.8 Å². The van der Waals surface area contributed by atoms with E-state index < -0.39 is 0 Å². The first kappa shape index (κ1) is 19.5. The van der Waals surface area contributed by atoms with E-state index in [4.69, 9.17) is 14.5 Å². The van der Waals surface area contributed by atoms with Crippen LogP contribution < -0.4 is 14.8 Å². The van der Waals surface area contributed by atoms with Gasteiger partial charge in [-0.3, -0.25) is 4.79 Å². The molecule has 3 aromatic carbocycles. The molecule has 152 valence electrons. The van der Waals surface area contributed by atoms with Gasteiger partial charge in [0, 0.05) is 19.3 Å². The smallest absolute Gasteiger partial charge is 0.262 e. The average Bonchev–Trinajstić information content (AvgIpc) is 2.94. The zero-order valence-electron chi connectivity index (χ0n) is 17.0. The van der Waals surface area contributed by atoms with Crippen molar-refractivity contribution in [1.29, 1.82) is 0 Å². The van der Waals surface area contributed by atoms with Crippen LogP contribution in [0.5, 0.6) is 17.2 Å². The Balaban J connectivity index is 1.58. The number of carbonyl (C=O) groups is 1. The molecule has 1 amide bonds. The summed E-state index contributed by atoms with van der Waals surface area (Å²) < 4.78 is 11.6. The number of nitrogens with one attached hydrogen (secondary N) is 1. The van der Waals surface area contributed by atoms with Crippen molar-refractivity contribution in [2.45, 2.75) is 6.92 Å². The van der Waals surface area contributed by atoms with Gasteiger partial charge in [0.05, 0.1) is 5.56 Å². The molecule has 6 nitrogen and oxygen atoms in total. The summed E-state index contributed by atoms with van der Waals surface area (Å²) in [6.45, 7) is 2.77. The lowest BCUT2D eigenvalue weighted by Gasteiger charge is -2.20. The van der Waals surface area contributed by atoms with Gasteiger partial charge in [-0.1, -0.05) is 30.3 Å². The van der Waals surface area contributed by atoms with E-state index in [-0.39, 0.29) is 12.5 Å². The van der Waals surface area contributed by atoms with E-state index in [1.165, 1.54) is 0 Å². The molecule has 0 fully saturated rings. The summed E-state index contributed by atoms with van der Waals surface area (Å²) in [5, 5.41) is 2.89. The summed E-state index contributed by atoms with van der Waals surface area (Å²) in [6.07, 6.45) is 0. The molecule has 6 heteroatoms. The van der Waals surface area contributed by atoms with Gasteiger partial charge < -0.3 is 19.7 Å². The second-order valence-corrected chi connectivity index (χ2v) is 6.88. The van der Waals surface area contributed by atoms with Gasteiger partial charge in [0.2, 0.25) is 0 Å². The Morgan fingerprint density at radius 3 is 2.60 bits per heavy atom. The maximum atomic E-state index is 12.4. The maximum Gasteiger partial charge on any atom is 0.262 e. The summed E-state index contributed by atoms with van der Waals surface area (Å²) in [4.78, 5) is 19.2. The van der Waals surface area contributed by atoms with E-state index >= 15 is 0 Å². The molecule has 0 unspecified atom stereocenters. The fourth-order valence-corrected chi connectivity index (χ4v) is 3.10. The summed E-state index contributed by atoms with van der Waals surface area (Å²) in [6, 6.07) is 22.5. The molecule has 30 heavy (non-hydrogen) atoms. The maximum absolute atomic E-state index is 12.4. The third-order valence-corrected chi connectivity index (χ3v) is 4.76. The van der Waals surface area contributed by atoms with Crippen LogP contribution in [0.3, 0.4) is 0 Å². The van der Waals surface area contributed by atoms with Gasteiger partial charge >= 0.3 is 0 Å². The lowest BCUT2D eigenvalue weighted by molar-refractivity contribution is -0.118. The molecule has 1 heterocycles. The first-order valence-corrected chi connectivity index (χ1v) is 9.83. The number of ether oxygens (including phenoxy) is 2. The van der Waals surface area contributed by atoms with Crippen molar-refractivity contribution >= 4 is 23.1 Å². The Labute approximate surface area is 175 Å². The number of benzene rings is 3. The zero-order chi connectivity index (χ0) is 20.9. The van der Waals surface area contributed by atoms with Crippen molar-refractivity contribution in [3.63, 3.8) is 0 Å². The van der Waals surface area contributed by atoms with Crippen LogP contribution in [0, 0.1) is 0 Å². The Morgan fingerprint density at radius 2 is 1.80 bits per heavy atom. The number of fused-ring (bicyclic) bond motifs is 2. The van der Waals surface area contributed by atoms with Gasteiger partial charge in [-0.05, 0) is 49.4 Å². The summed E-state index contributed by atoms with van der Waals surface area (Å²) >= 11 is 0. The number of carbonyl (C=O) groups excluding carboxylic acids is 1. The predicted molar refractivity (Wildman–Crippen MR) is 118 cm³/mol. The standard InChI is InChI=1S/C24H23N3O3/c1-3-27(2)24-19-15-17(25-23(28)16-29-18-9-5-4-6-10-18)13-14-21(19)30-22-12-8-7-11-20(22)26-24/h4-15H,3,16H2,1-2H3,(H,25,28). The van der Waals surface area contributed by atoms with Crippen LogP contribution in [0.2, 0.25) is 0 Å². The molecule has 0 saturated heterocycles. The minimum Gasteiger partial charge on any atom is -0.484 e. The SMILES string of the molecule is CCN(C)C1=Nc2ccccc2Oc2ccc(NC(=O)COc3ccccc3)cc21. The van der Waals surface area contributed by atoms with Gasteiger partial charge in [0.1, 0.15) is 23.0 Å². The van der Waals surface area contributed by atoms with Crippen LogP contribution in [0.4, 0.5) is 11.4 Å². The highest BCUT2D eigenvalue weighted by Crippen LogP contribution is 2.38. The topological polar surface area (TPSA) is 63.2 Å². The number of rotatable bonds is 5. The van der Waals surface area contributed by atoms with E-state index in [1.54, 1.807) is 0 Å². The second kappa shape index (κ2) is 8.69. The van der Waals surface area contributed by atoms with Gasteiger partial charge in [-0.2, -0.15) is 0 Å². The highest BCUT2D eigenvalue weighted by atomic mass is 16.5. The van der Waals surface area contributed by atoms with Crippen molar-refractivity contribution in [1.82, 2.24) is 4.90 Å². The Bertz CT molecular complexity index is 1080. The largest absolute Gasteiger partial charge is 0.484 e. The number of anilines is 1. The van der Waals surface area contributed by atoms with E-state index in [2.05, 4.69) is 17.1 Å². The number of para-hydroxylation sites is 3. The molecule has 0 atom stereocenters. The molecule has 0 aliphatic carbocycles. The average molecular weight is 401 g/mol. The van der Waals surface area contributed by atoms with Crippen molar-refractivity contribution in [3.8, 4) is 17.2 Å². The molecular formula is C24H23N3O3. The quantitative estimate of drug-likeness (QED) is 0.664. The fraction of sp³-hybridized carbons (Fsp3) is 0.167. The molecule has 0 aromatic heterocycles. The molecule has 0 saturated carbocycles. The summed E-state index contributed by atoms with van der Waals surface area (Å²) in [7, 11) is 1.98. The zero-order valence-corrected chi connectivity index (χ0v) is 17.0. The van der Waals surface area contributed by atoms with Gasteiger partial charge in [0.15, 0.2) is 12.4 Å². The molecule has 0 spiro atoms. The Morgan fingerprint density at radius 1 is 1.03 bits per heavy atom. The fourth-order valence-electron chi connectivity index (χ4n) is 3.10. The normalized spacial score (nSPS) is 11.9. The first-order valence-electron chi connectivity index (χ1n) is 9.83. The monoisotopic (exact) mass is 401 g/mol. The first-order chi connectivity index (χ1) is 14.6. The van der Waals surface area contributed by atoms with Crippen molar-refractivity contribution in [2.75, 3.05) is 25.5 Å². The second-order valence-electron chi connectivity index (χ2n) is 6.88. The molecule has 0 radical (unpaired) electrons. The number of aliphatic imine (C=N–C) groups is 1. The predicted octanol–water partition coefficient (Wildman–Crippen LogP) is 4.84. The molecule has 4 rings (SSSR count). The molecule has 1 aliphatic heterocycles. The van der Waals surface area contributed by atoms with Crippen LogP contribution in [-0.2, 0) is 4.79 Å². The van der Waals surface area contributed by atoms with Crippen molar-refractivity contribution in [2.24, 2.45) is 4.99 Å². The molecular weight excluding hydrogens is 378 g/mol. The van der Waals surface area contributed by atoms with Crippen LogP contribution >= 0.6 is 0 Å². The van der Waals surface area contributed by atoms with Crippen LogP contribution in [-0.4, -0.2) is 36.8 Å². The summed E-state index contributed by atoms with van der Waals surface area (Å²) in [5.74, 6) is 2.59. The molecule has 1 N–H and O–H groups in total. The van der Waals surface area contributed by atoms with Crippen molar-refractivity contribution in [3.05, 3.63) is 78.4 Å². The van der Waals surface area contributed by atoms with E-state index in [0.717, 1.165) is 23.6 Å².